The third-order valence-corrected chi connectivity index (χ3v) is 1.12. The Hall–Kier alpha value is -0.650. The van der Waals surface area contributed by atoms with Gasteiger partial charge in [0.05, 0.1) is 6.54 Å². The Balaban J connectivity index is 3.63. The van der Waals surface area contributed by atoms with Gasteiger partial charge in [0.2, 0.25) is 5.91 Å². The first-order chi connectivity index (χ1) is 4.98. The van der Waals surface area contributed by atoms with Gasteiger partial charge in [-0.25, -0.2) is 0 Å². The first-order valence-electron chi connectivity index (χ1n) is 3.39. The van der Waals surface area contributed by atoms with E-state index in [0.717, 1.165) is 0 Å². The molecule has 0 saturated heterocycles. The van der Waals surface area contributed by atoms with Gasteiger partial charge in [-0.05, 0) is 6.42 Å². The normalized spacial score (nSPS) is 11.5. The summed E-state index contributed by atoms with van der Waals surface area (Å²) in [6.45, 7) is 1.32. The summed E-state index contributed by atoms with van der Waals surface area (Å²) in [6.07, 6.45) is 0.680. The molecule has 0 spiro atoms. The highest BCUT2D eigenvalue weighted by Crippen LogP contribution is 2.02. The molecule has 0 atom stereocenters. The molecule has 5 nitrogen and oxygen atoms in total. The number of aliphatic hydroxyl groups is 2. The third-order valence-electron chi connectivity index (χ3n) is 1.12. The van der Waals surface area contributed by atoms with Gasteiger partial charge in [-0.15, -0.1) is 0 Å². The van der Waals surface area contributed by atoms with E-state index in [2.05, 4.69) is 5.32 Å². The van der Waals surface area contributed by atoms with E-state index < -0.39 is 18.4 Å². The molecular weight excluding hydrogens is 150 g/mol. The maximum absolute atomic E-state index is 9.97. The Bertz CT molecular complexity index is 135. The first kappa shape index (κ1) is 10.3. The molecule has 0 aromatic carbocycles. The van der Waals surface area contributed by atoms with Gasteiger partial charge in [0.25, 0.3) is 0 Å². The van der Waals surface area contributed by atoms with Gasteiger partial charge in [-0.3, -0.25) is 10.1 Å². The first-order valence-corrected chi connectivity index (χ1v) is 3.39. The number of hydrogen-bond donors (Lipinski definition) is 4. The second kappa shape index (κ2) is 4.27. The van der Waals surface area contributed by atoms with Crippen molar-refractivity contribution in [2.24, 2.45) is 0 Å². The van der Waals surface area contributed by atoms with Crippen molar-refractivity contribution in [3.8, 4) is 0 Å². The third kappa shape index (κ3) is 5.78. The van der Waals surface area contributed by atoms with Gasteiger partial charge in [-0.2, -0.15) is 0 Å². The van der Waals surface area contributed by atoms with Crippen LogP contribution < -0.4 is 5.32 Å². The Labute approximate surface area is 64.7 Å². The molecule has 0 aromatic rings. The van der Waals surface area contributed by atoms with Crippen LogP contribution in [0.3, 0.4) is 0 Å². The molecule has 4 N–H and O–H groups in total. The second-order valence-electron chi connectivity index (χ2n) is 2.31. The lowest BCUT2D eigenvalue weighted by Crippen LogP contribution is -2.47. The minimum atomic E-state index is -2.05. The van der Waals surface area contributed by atoms with Crippen molar-refractivity contribution >= 4 is 5.97 Å². The molecule has 0 rings (SSSR count). The lowest BCUT2D eigenvalue weighted by atomic mass is 10.2. The van der Waals surface area contributed by atoms with Crippen LogP contribution in [-0.2, 0) is 4.79 Å². The molecule has 0 aliphatic heterocycles. The quantitative estimate of drug-likeness (QED) is 0.394. The van der Waals surface area contributed by atoms with E-state index in [-0.39, 0.29) is 6.42 Å². The summed E-state index contributed by atoms with van der Waals surface area (Å²) in [6, 6.07) is 0. The number of aliphatic carboxylic acids is 1. The van der Waals surface area contributed by atoms with Gasteiger partial charge in [0, 0.05) is 6.42 Å². The molecule has 0 unspecified atom stereocenters. The molecule has 0 aliphatic rings. The van der Waals surface area contributed by atoms with Crippen molar-refractivity contribution in [2.45, 2.75) is 25.7 Å². The van der Waals surface area contributed by atoms with E-state index in [1.807, 2.05) is 0 Å². The Morgan fingerprint density at radius 3 is 2.45 bits per heavy atom. The molecular formula is C6H13NO4. The summed E-state index contributed by atoms with van der Waals surface area (Å²) < 4.78 is 0. The van der Waals surface area contributed by atoms with Crippen LogP contribution >= 0.6 is 0 Å². The van der Waals surface area contributed by atoms with Crippen molar-refractivity contribution in [1.29, 1.82) is 0 Å². The van der Waals surface area contributed by atoms with Crippen LogP contribution in [0.15, 0.2) is 0 Å². The van der Waals surface area contributed by atoms with Gasteiger partial charge in [0.1, 0.15) is 0 Å². The number of carbonyl (C=O) groups is 1. The summed E-state index contributed by atoms with van der Waals surface area (Å²) in [5.41, 5.74) is 0. The highest BCUT2D eigenvalue weighted by molar-refractivity contribution is 5.69. The van der Waals surface area contributed by atoms with Gasteiger partial charge in [0.15, 0.2) is 0 Å². The number of nitrogens with one attached hydrogen (secondary N) is 1. The van der Waals surface area contributed by atoms with E-state index in [4.69, 9.17) is 15.3 Å². The number of carboxylic acids is 1. The molecule has 5 heteroatoms. The largest absolute Gasteiger partial charge is 0.480 e. The fourth-order valence-electron chi connectivity index (χ4n) is 0.654. The van der Waals surface area contributed by atoms with Crippen LogP contribution in [-0.4, -0.2) is 33.7 Å². The lowest BCUT2D eigenvalue weighted by molar-refractivity contribution is -0.192. The van der Waals surface area contributed by atoms with Gasteiger partial charge >= 0.3 is 5.97 Å². The lowest BCUT2D eigenvalue weighted by Gasteiger charge is -2.20. The van der Waals surface area contributed by atoms with Crippen LogP contribution in [0.4, 0.5) is 0 Å². The highest BCUT2D eigenvalue weighted by Gasteiger charge is 2.21. The average molecular weight is 163 g/mol. The van der Waals surface area contributed by atoms with Crippen LogP contribution in [0.25, 0.3) is 0 Å². The van der Waals surface area contributed by atoms with Crippen molar-refractivity contribution in [2.75, 3.05) is 6.54 Å². The molecule has 0 amide bonds. The van der Waals surface area contributed by atoms with Crippen LogP contribution in [0.5, 0.6) is 0 Å². The number of hydrogen-bond acceptors (Lipinski definition) is 4. The smallest absolute Gasteiger partial charge is 0.317 e. The van der Waals surface area contributed by atoms with Crippen molar-refractivity contribution in [3.63, 3.8) is 0 Å². The highest BCUT2D eigenvalue weighted by atomic mass is 16.5. The topological polar surface area (TPSA) is 89.8 Å². The molecule has 0 saturated carbocycles. The Morgan fingerprint density at radius 2 is 2.09 bits per heavy atom. The zero-order valence-electron chi connectivity index (χ0n) is 6.37. The van der Waals surface area contributed by atoms with Crippen LogP contribution in [0.1, 0.15) is 19.8 Å². The van der Waals surface area contributed by atoms with E-state index in [1.54, 1.807) is 6.92 Å². The zero-order valence-corrected chi connectivity index (χ0v) is 6.37. The van der Waals surface area contributed by atoms with Gasteiger partial charge < -0.3 is 15.3 Å². The second-order valence-corrected chi connectivity index (χ2v) is 2.31. The predicted octanol–water partition coefficient (Wildman–Crippen LogP) is -0.901. The van der Waals surface area contributed by atoms with Gasteiger partial charge in [-0.1, -0.05) is 6.92 Å². The van der Waals surface area contributed by atoms with Crippen molar-refractivity contribution in [1.82, 2.24) is 5.32 Å². The minimum absolute atomic E-state index is 0.111. The van der Waals surface area contributed by atoms with E-state index in [1.165, 1.54) is 0 Å². The van der Waals surface area contributed by atoms with Crippen molar-refractivity contribution < 1.29 is 20.1 Å². The number of rotatable bonds is 5. The summed E-state index contributed by atoms with van der Waals surface area (Å²) >= 11 is 0. The maximum atomic E-state index is 9.97. The molecule has 0 fully saturated rings. The monoisotopic (exact) mass is 163 g/mol. The zero-order chi connectivity index (χ0) is 8.91. The maximum Gasteiger partial charge on any atom is 0.317 e. The fraction of sp³-hybridized carbons (Fsp3) is 0.833. The Morgan fingerprint density at radius 1 is 1.55 bits per heavy atom. The summed E-state index contributed by atoms with van der Waals surface area (Å²) in [5, 5.41) is 28.1. The minimum Gasteiger partial charge on any atom is -0.480 e. The fourth-order valence-corrected chi connectivity index (χ4v) is 0.654. The molecule has 0 heterocycles. The van der Waals surface area contributed by atoms with Crippen LogP contribution in [0, 0.1) is 0 Å². The van der Waals surface area contributed by atoms with Crippen molar-refractivity contribution in [3.05, 3.63) is 0 Å². The standard InChI is InChI=1S/C6H13NO4/c1-2-3-6(10,11)7-4-5(8)9/h7,10-11H,2-4H2,1H3,(H,8,9). The number of carboxylic acid groups (broad SMARTS) is 1. The molecule has 0 aromatic heterocycles. The molecule has 66 valence electrons. The summed E-state index contributed by atoms with van der Waals surface area (Å²) in [7, 11) is 0. The Kier molecular flexibility index (Phi) is 4.02. The molecule has 0 aliphatic carbocycles. The molecule has 11 heavy (non-hydrogen) atoms. The summed E-state index contributed by atoms with van der Waals surface area (Å²) in [4.78, 5) is 9.97. The van der Waals surface area contributed by atoms with E-state index in [0.29, 0.717) is 6.42 Å². The predicted molar refractivity (Wildman–Crippen MR) is 37.7 cm³/mol. The average Bonchev–Trinajstić information content (AvgIpc) is 1.84. The van der Waals surface area contributed by atoms with E-state index >= 15 is 0 Å². The molecule has 0 bridgehead atoms. The SMILES string of the molecule is CCCC(O)(O)NCC(=O)O. The molecule has 0 radical (unpaired) electrons. The summed E-state index contributed by atoms with van der Waals surface area (Å²) in [5.74, 6) is -3.17. The van der Waals surface area contributed by atoms with E-state index in [9.17, 15) is 4.79 Å². The van der Waals surface area contributed by atoms with Crippen LogP contribution in [0.2, 0.25) is 0 Å².